The highest BCUT2D eigenvalue weighted by molar-refractivity contribution is 7.47. The lowest BCUT2D eigenvalue weighted by Crippen LogP contribution is -2.30. The maximum atomic E-state index is 13.1. The van der Waals surface area contributed by atoms with Crippen LogP contribution in [0.2, 0.25) is 0 Å². The van der Waals surface area contributed by atoms with Gasteiger partial charge in [0.05, 0.1) is 26.4 Å². The predicted molar refractivity (Wildman–Crippen MR) is 400 cm³/mol. The highest BCUT2D eigenvalue weighted by atomic mass is 31.2. The minimum Gasteiger partial charge on any atom is -0.462 e. The zero-order valence-corrected chi connectivity index (χ0v) is 64.0. The monoisotopic (exact) mass is 1420 g/mol. The van der Waals surface area contributed by atoms with Crippen LogP contribution in [0.5, 0.6) is 0 Å². The van der Waals surface area contributed by atoms with Gasteiger partial charge in [-0.25, -0.2) is 9.13 Å². The van der Waals surface area contributed by atoms with Gasteiger partial charge in [0.2, 0.25) is 0 Å². The molecule has 0 aromatic heterocycles. The molecule has 0 saturated carbocycles. The lowest BCUT2D eigenvalue weighted by molar-refractivity contribution is -0.161. The number of aliphatic hydroxyl groups excluding tert-OH is 1. The number of hydrogen-bond donors (Lipinski definition) is 3. The Morgan fingerprint density at radius 1 is 0.296 bits per heavy atom. The van der Waals surface area contributed by atoms with Crippen molar-refractivity contribution in [2.45, 2.75) is 367 Å². The van der Waals surface area contributed by atoms with Crippen LogP contribution in [0.1, 0.15) is 349 Å². The van der Waals surface area contributed by atoms with Crippen molar-refractivity contribution in [1.29, 1.82) is 0 Å². The fourth-order valence-electron chi connectivity index (χ4n) is 10.7. The maximum Gasteiger partial charge on any atom is 0.472 e. The summed E-state index contributed by atoms with van der Waals surface area (Å²) in [7, 11) is -9.95. The van der Waals surface area contributed by atoms with Crippen molar-refractivity contribution in [1.82, 2.24) is 0 Å². The van der Waals surface area contributed by atoms with E-state index in [1.807, 2.05) is 0 Å². The van der Waals surface area contributed by atoms with Crippen molar-refractivity contribution < 1.29 is 80.2 Å². The van der Waals surface area contributed by atoms with Crippen LogP contribution in [-0.4, -0.2) is 96.7 Å². The Labute approximate surface area is 596 Å². The number of hydrogen-bond acceptors (Lipinski definition) is 15. The second-order valence-electron chi connectivity index (χ2n) is 26.3. The standard InChI is InChI=1S/C79H142O17P2/c1-5-9-13-17-21-25-29-33-36-40-43-47-51-55-59-63-76(81)89-69-74(95-78(83)65-61-57-53-49-45-39-32-28-24-20-16-12-8-4)71-93-97(85,86)91-67-73(80)68-92-98(87,88)94-72-75(96-79(84)66-62-58-54-50-46-42-38-35-31-27-23-19-15-11-7-3)70-90-77(82)64-60-56-52-48-44-41-37-34-30-26-22-18-14-10-6-2/h9,13,21-22,25-26,33-38,73-75,80H,5-8,10-12,14-20,23-24,27-32,39-72H2,1-4H3,(H,85,86)(H,87,88)/b13-9-,25-21-,26-22-,36-33-,37-34-,38-35-. The number of ether oxygens (including phenoxy) is 4. The van der Waals surface area contributed by atoms with Crippen LogP contribution in [0, 0.1) is 0 Å². The first kappa shape index (κ1) is 94.5. The van der Waals surface area contributed by atoms with Crippen molar-refractivity contribution in [2.75, 3.05) is 39.6 Å². The molecule has 0 radical (unpaired) electrons. The topological polar surface area (TPSA) is 237 Å². The number of esters is 4. The molecular formula is C79H142O17P2. The van der Waals surface area contributed by atoms with Crippen LogP contribution in [-0.2, 0) is 65.4 Å². The molecule has 0 aromatic carbocycles. The van der Waals surface area contributed by atoms with Crippen LogP contribution in [0.25, 0.3) is 0 Å². The van der Waals surface area contributed by atoms with Crippen LogP contribution >= 0.6 is 15.6 Å². The Bertz CT molecular complexity index is 2140. The molecule has 0 spiro atoms. The van der Waals surface area contributed by atoms with Crippen LogP contribution in [0.4, 0.5) is 0 Å². The quantitative estimate of drug-likeness (QED) is 0.0169. The van der Waals surface area contributed by atoms with Gasteiger partial charge in [-0.2, -0.15) is 0 Å². The summed E-state index contributed by atoms with van der Waals surface area (Å²) in [6.45, 7) is 4.74. The number of unbranched alkanes of at least 4 members (excludes halogenated alkanes) is 36. The SMILES string of the molecule is CC/C=C\C/C=C\C/C=C\CCCCCCCC(=O)OCC(COP(=O)(O)OCC(O)COP(=O)(O)OCC(COC(=O)CCCCCCC/C=C\C/C=C\CCCCC)OC(=O)CCCCCCC/C=C\CCCCCCCC)OC(=O)CCCCCCCCCCCCCCC. The number of carbonyl (C=O) groups excluding carboxylic acids is 4. The van der Waals surface area contributed by atoms with Crippen LogP contribution in [0.15, 0.2) is 72.9 Å². The van der Waals surface area contributed by atoms with Crippen molar-refractivity contribution in [3.63, 3.8) is 0 Å². The summed E-state index contributed by atoms with van der Waals surface area (Å²) in [4.78, 5) is 72.9. The molecule has 0 bridgehead atoms. The number of allylic oxidation sites excluding steroid dienone is 12. The van der Waals surface area contributed by atoms with E-state index >= 15 is 0 Å². The Kier molecular flexibility index (Phi) is 69.3. The summed E-state index contributed by atoms with van der Waals surface area (Å²) in [5.41, 5.74) is 0. The summed E-state index contributed by atoms with van der Waals surface area (Å²) >= 11 is 0. The number of rotatable bonds is 74. The predicted octanol–water partition coefficient (Wildman–Crippen LogP) is 22.4. The molecule has 17 nitrogen and oxygen atoms in total. The molecule has 0 amide bonds. The van der Waals surface area contributed by atoms with E-state index in [1.54, 1.807) is 0 Å². The van der Waals surface area contributed by atoms with E-state index in [9.17, 15) is 43.2 Å². The third-order valence-electron chi connectivity index (χ3n) is 16.7. The molecule has 0 aliphatic rings. The molecule has 19 heteroatoms. The van der Waals surface area contributed by atoms with Gasteiger partial charge in [0.15, 0.2) is 12.2 Å². The third kappa shape index (κ3) is 70.9. The van der Waals surface area contributed by atoms with Crippen molar-refractivity contribution in [3.8, 4) is 0 Å². The van der Waals surface area contributed by atoms with Crippen molar-refractivity contribution >= 4 is 39.5 Å². The van der Waals surface area contributed by atoms with E-state index in [-0.39, 0.29) is 25.7 Å². The van der Waals surface area contributed by atoms with E-state index in [2.05, 4.69) is 101 Å². The largest absolute Gasteiger partial charge is 0.472 e. The van der Waals surface area contributed by atoms with Gasteiger partial charge in [0.25, 0.3) is 0 Å². The molecule has 570 valence electrons. The molecule has 0 fully saturated rings. The fraction of sp³-hybridized carbons (Fsp3) is 0.797. The van der Waals surface area contributed by atoms with Gasteiger partial charge in [0, 0.05) is 25.7 Å². The second kappa shape index (κ2) is 71.9. The molecule has 5 atom stereocenters. The fourth-order valence-corrected chi connectivity index (χ4v) is 12.3. The maximum absolute atomic E-state index is 13.1. The first-order valence-electron chi connectivity index (χ1n) is 39.2. The second-order valence-corrected chi connectivity index (χ2v) is 29.2. The first-order chi connectivity index (χ1) is 47.7. The molecule has 0 aliphatic carbocycles. The van der Waals surface area contributed by atoms with Crippen LogP contribution in [0.3, 0.4) is 0 Å². The lowest BCUT2D eigenvalue weighted by atomic mass is 10.0. The van der Waals surface area contributed by atoms with Gasteiger partial charge < -0.3 is 33.8 Å². The molecule has 0 heterocycles. The molecule has 98 heavy (non-hydrogen) atoms. The summed E-state index contributed by atoms with van der Waals surface area (Å²) in [5.74, 6) is -2.19. The summed E-state index contributed by atoms with van der Waals surface area (Å²) in [6, 6.07) is 0. The molecule has 0 rings (SSSR count). The smallest absolute Gasteiger partial charge is 0.462 e. The average molecular weight is 1430 g/mol. The van der Waals surface area contributed by atoms with Gasteiger partial charge in [-0.3, -0.25) is 37.3 Å². The average Bonchev–Trinajstić information content (AvgIpc) is 0.959. The Balaban J connectivity index is 5.35. The normalized spacial score (nSPS) is 14.3. The third-order valence-corrected chi connectivity index (χ3v) is 18.6. The molecule has 5 unspecified atom stereocenters. The van der Waals surface area contributed by atoms with E-state index in [0.717, 1.165) is 161 Å². The van der Waals surface area contributed by atoms with Gasteiger partial charge in [-0.15, -0.1) is 0 Å². The summed E-state index contributed by atoms with van der Waals surface area (Å²) in [5, 5.41) is 10.6. The zero-order chi connectivity index (χ0) is 71.8. The molecular weight excluding hydrogens is 1280 g/mol. The van der Waals surface area contributed by atoms with Gasteiger partial charge in [-0.05, 0) is 116 Å². The van der Waals surface area contributed by atoms with E-state index in [0.29, 0.717) is 25.7 Å². The molecule has 0 aromatic rings. The minimum atomic E-state index is -4.97. The number of phosphoric acid groups is 2. The van der Waals surface area contributed by atoms with Gasteiger partial charge >= 0.3 is 39.5 Å². The molecule has 0 saturated heterocycles. The first-order valence-corrected chi connectivity index (χ1v) is 42.2. The van der Waals surface area contributed by atoms with Gasteiger partial charge in [0.1, 0.15) is 19.3 Å². The molecule has 0 aliphatic heterocycles. The van der Waals surface area contributed by atoms with E-state index in [4.69, 9.17) is 37.0 Å². The number of carbonyl (C=O) groups is 4. The lowest BCUT2D eigenvalue weighted by Gasteiger charge is -2.21. The van der Waals surface area contributed by atoms with Gasteiger partial charge in [-0.1, -0.05) is 280 Å². The van der Waals surface area contributed by atoms with E-state index < -0.39 is 97.5 Å². The summed E-state index contributed by atoms with van der Waals surface area (Å²) < 4.78 is 68.5. The highest BCUT2D eigenvalue weighted by Crippen LogP contribution is 2.45. The van der Waals surface area contributed by atoms with E-state index in [1.165, 1.54) is 109 Å². The number of aliphatic hydroxyl groups is 1. The highest BCUT2D eigenvalue weighted by Gasteiger charge is 2.30. The Morgan fingerprint density at radius 3 is 0.847 bits per heavy atom. The van der Waals surface area contributed by atoms with Crippen molar-refractivity contribution in [3.05, 3.63) is 72.9 Å². The number of phosphoric ester groups is 2. The minimum absolute atomic E-state index is 0.0849. The van der Waals surface area contributed by atoms with Crippen molar-refractivity contribution in [2.24, 2.45) is 0 Å². The Hall–Kier alpha value is -3.50. The molecule has 3 N–H and O–H groups in total. The summed E-state index contributed by atoms with van der Waals surface area (Å²) in [6.07, 6.45) is 71.6. The Morgan fingerprint density at radius 2 is 0.531 bits per heavy atom. The zero-order valence-electron chi connectivity index (χ0n) is 62.2. The van der Waals surface area contributed by atoms with Crippen LogP contribution < -0.4 is 0 Å².